The van der Waals surface area contributed by atoms with Crippen molar-refractivity contribution in [3.63, 3.8) is 0 Å². The molecule has 1 saturated carbocycles. The molecule has 1 aliphatic heterocycles. The van der Waals surface area contributed by atoms with Crippen LogP contribution in [0.4, 0.5) is 5.69 Å². The van der Waals surface area contributed by atoms with Crippen LogP contribution in [0.3, 0.4) is 0 Å². The van der Waals surface area contributed by atoms with Gasteiger partial charge in [-0.25, -0.2) is 0 Å². The first kappa shape index (κ1) is 12.9. The van der Waals surface area contributed by atoms with E-state index in [4.69, 9.17) is 4.74 Å². The first-order chi connectivity index (χ1) is 9.62. The molecule has 2 amide bonds. The summed E-state index contributed by atoms with van der Waals surface area (Å²) in [6, 6.07) is 4.91. The molecule has 6 nitrogen and oxygen atoms in total. The maximum Gasteiger partial charge on any atom is 0.262 e. The van der Waals surface area contributed by atoms with E-state index >= 15 is 0 Å². The number of carbonyl (C=O) groups is 2. The third kappa shape index (κ3) is 2.46. The van der Waals surface area contributed by atoms with Gasteiger partial charge in [0.25, 0.3) is 11.8 Å². The second-order valence-corrected chi connectivity index (χ2v) is 5.39. The summed E-state index contributed by atoms with van der Waals surface area (Å²) in [6.45, 7) is 0.551. The zero-order valence-corrected chi connectivity index (χ0v) is 10.9. The van der Waals surface area contributed by atoms with E-state index in [1.807, 2.05) is 0 Å². The van der Waals surface area contributed by atoms with Gasteiger partial charge in [0.2, 0.25) is 0 Å². The Hall–Kier alpha value is -2.08. The largest absolute Gasteiger partial charge is 0.482 e. The fraction of sp³-hybridized carbons (Fsp3) is 0.429. The van der Waals surface area contributed by atoms with Crippen molar-refractivity contribution < 1.29 is 19.4 Å². The van der Waals surface area contributed by atoms with Crippen molar-refractivity contribution in [1.82, 2.24) is 5.32 Å². The lowest BCUT2D eigenvalue weighted by molar-refractivity contribution is -0.118. The molecule has 3 N–H and O–H groups in total. The third-order valence-corrected chi connectivity index (χ3v) is 3.79. The molecule has 2 aliphatic rings. The summed E-state index contributed by atoms with van der Waals surface area (Å²) >= 11 is 0. The number of carbonyl (C=O) groups excluding carboxylic acids is 2. The molecule has 1 fully saturated rings. The number of aliphatic hydroxyl groups is 1. The van der Waals surface area contributed by atoms with Gasteiger partial charge < -0.3 is 20.5 Å². The zero-order valence-electron chi connectivity index (χ0n) is 10.9. The van der Waals surface area contributed by atoms with Crippen LogP contribution < -0.4 is 15.4 Å². The van der Waals surface area contributed by atoms with Crippen LogP contribution in [-0.2, 0) is 4.79 Å². The maximum atomic E-state index is 12.0. The van der Waals surface area contributed by atoms with Crippen molar-refractivity contribution in [2.45, 2.75) is 12.8 Å². The molecular formula is C14H16N2O4. The van der Waals surface area contributed by atoms with Gasteiger partial charge in [0.05, 0.1) is 12.3 Å². The van der Waals surface area contributed by atoms with Crippen LogP contribution >= 0.6 is 0 Å². The Morgan fingerprint density at radius 2 is 2.25 bits per heavy atom. The molecule has 0 atom stereocenters. The summed E-state index contributed by atoms with van der Waals surface area (Å²) in [5.74, 6) is 0.0990. The Labute approximate surface area is 116 Å². The molecule has 0 spiro atoms. The molecule has 1 heterocycles. The molecule has 0 radical (unpaired) electrons. The fourth-order valence-electron chi connectivity index (χ4n) is 2.15. The van der Waals surface area contributed by atoms with Gasteiger partial charge in [0.15, 0.2) is 6.61 Å². The summed E-state index contributed by atoms with van der Waals surface area (Å²) in [6.07, 6.45) is 1.90. The quantitative estimate of drug-likeness (QED) is 0.748. The van der Waals surface area contributed by atoms with Crippen LogP contribution in [-0.4, -0.2) is 36.7 Å². The average Bonchev–Trinajstić information content (AvgIpc) is 3.25. The van der Waals surface area contributed by atoms with Crippen molar-refractivity contribution >= 4 is 17.5 Å². The molecule has 1 aliphatic carbocycles. The molecular weight excluding hydrogens is 260 g/mol. The van der Waals surface area contributed by atoms with Gasteiger partial charge >= 0.3 is 0 Å². The van der Waals surface area contributed by atoms with Crippen LogP contribution in [0.25, 0.3) is 0 Å². The highest BCUT2D eigenvalue weighted by Crippen LogP contribution is 2.44. The van der Waals surface area contributed by atoms with Crippen LogP contribution in [0.2, 0.25) is 0 Å². The molecule has 0 saturated heterocycles. The first-order valence-corrected chi connectivity index (χ1v) is 6.58. The molecule has 20 heavy (non-hydrogen) atoms. The van der Waals surface area contributed by atoms with Gasteiger partial charge in [-0.3, -0.25) is 9.59 Å². The second-order valence-electron chi connectivity index (χ2n) is 5.39. The van der Waals surface area contributed by atoms with E-state index in [1.54, 1.807) is 18.2 Å². The van der Waals surface area contributed by atoms with E-state index in [0.717, 1.165) is 12.8 Å². The van der Waals surface area contributed by atoms with Crippen molar-refractivity contribution in [3.05, 3.63) is 23.8 Å². The van der Waals surface area contributed by atoms with E-state index < -0.39 is 0 Å². The lowest BCUT2D eigenvalue weighted by atomic mass is 10.1. The molecule has 0 aromatic heterocycles. The summed E-state index contributed by atoms with van der Waals surface area (Å²) in [4.78, 5) is 23.2. The van der Waals surface area contributed by atoms with E-state index in [-0.39, 0.29) is 30.4 Å². The highest BCUT2D eigenvalue weighted by Gasteiger charge is 2.42. The minimum Gasteiger partial charge on any atom is -0.482 e. The van der Waals surface area contributed by atoms with Gasteiger partial charge in [0.1, 0.15) is 5.75 Å². The number of ether oxygens (including phenoxy) is 1. The number of aliphatic hydroxyl groups excluding tert-OH is 1. The predicted molar refractivity (Wildman–Crippen MR) is 71.7 cm³/mol. The van der Waals surface area contributed by atoms with Crippen molar-refractivity contribution in [3.8, 4) is 5.75 Å². The first-order valence-electron chi connectivity index (χ1n) is 6.58. The van der Waals surface area contributed by atoms with Gasteiger partial charge in [-0.1, -0.05) is 0 Å². The SMILES string of the molecule is O=C1COc2cc(C(=O)NCC3(CO)CC3)ccc2N1. The number of anilines is 1. The Balaban J connectivity index is 1.68. The summed E-state index contributed by atoms with van der Waals surface area (Å²) in [7, 11) is 0. The van der Waals surface area contributed by atoms with Gasteiger partial charge in [-0.2, -0.15) is 0 Å². The normalized spacial score (nSPS) is 18.6. The topological polar surface area (TPSA) is 87.7 Å². The van der Waals surface area contributed by atoms with Crippen molar-refractivity contribution in [2.75, 3.05) is 25.1 Å². The van der Waals surface area contributed by atoms with Crippen LogP contribution in [0, 0.1) is 5.41 Å². The van der Waals surface area contributed by atoms with E-state index in [2.05, 4.69) is 10.6 Å². The number of rotatable bonds is 4. The molecule has 0 unspecified atom stereocenters. The lowest BCUT2D eigenvalue weighted by Crippen LogP contribution is -2.32. The molecule has 1 aromatic rings. The monoisotopic (exact) mass is 276 g/mol. The summed E-state index contributed by atoms with van der Waals surface area (Å²) in [5.41, 5.74) is 0.939. The number of amides is 2. The van der Waals surface area contributed by atoms with E-state index in [0.29, 0.717) is 23.5 Å². The van der Waals surface area contributed by atoms with Crippen LogP contribution in [0.5, 0.6) is 5.75 Å². The molecule has 3 rings (SSSR count). The minimum atomic E-state index is -0.201. The predicted octanol–water partition coefficient (Wildman–Crippen LogP) is 0.520. The van der Waals surface area contributed by atoms with E-state index in [1.165, 1.54) is 0 Å². The highest BCUT2D eigenvalue weighted by atomic mass is 16.5. The summed E-state index contributed by atoms with van der Waals surface area (Å²) < 4.78 is 5.27. The zero-order chi connectivity index (χ0) is 14.2. The van der Waals surface area contributed by atoms with Crippen molar-refractivity contribution in [2.24, 2.45) is 5.41 Å². The minimum absolute atomic E-state index is 0.0360. The highest BCUT2D eigenvalue weighted by molar-refractivity contribution is 5.99. The summed E-state index contributed by atoms with van der Waals surface area (Å²) in [5, 5.41) is 14.7. The Morgan fingerprint density at radius 3 is 2.95 bits per heavy atom. The fourth-order valence-corrected chi connectivity index (χ4v) is 2.15. The standard InChI is InChI=1S/C14H16N2O4/c17-8-14(3-4-14)7-15-13(19)9-1-2-10-11(5-9)20-6-12(18)16-10/h1-2,5,17H,3-4,6-8H2,(H,15,19)(H,16,18). The smallest absolute Gasteiger partial charge is 0.262 e. The number of hydrogen-bond acceptors (Lipinski definition) is 4. The number of nitrogens with one attached hydrogen (secondary N) is 2. The Kier molecular flexibility index (Phi) is 3.10. The van der Waals surface area contributed by atoms with Crippen LogP contribution in [0.1, 0.15) is 23.2 Å². The maximum absolute atomic E-state index is 12.0. The Morgan fingerprint density at radius 1 is 1.45 bits per heavy atom. The van der Waals surface area contributed by atoms with Gasteiger partial charge in [-0.05, 0) is 31.0 Å². The Bertz CT molecular complexity index is 566. The molecule has 6 heteroatoms. The second kappa shape index (κ2) is 4.79. The van der Waals surface area contributed by atoms with Gasteiger partial charge in [-0.15, -0.1) is 0 Å². The number of hydrogen-bond donors (Lipinski definition) is 3. The molecule has 1 aromatic carbocycles. The molecule has 0 bridgehead atoms. The lowest BCUT2D eigenvalue weighted by Gasteiger charge is -2.18. The van der Waals surface area contributed by atoms with E-state index in [9.17, 15) is 14.7 Å². The number of fused-ring (bicyclic) bond motifs is 1. The van der Waals surface area contributed by atoms with Crippen molar-refractivity contribution in [1.29, 1.82) is 0 Å². The molecule has 106 valence electrons. The van der Waals surface area contributed by atoms with Crippen LogP contribution in [0.15, 0.2) is 18.2 Å². The third-order valence-electron chi connectivity index (χ3n) is 3.79. The van der Waals surface area contributed by atoms with Gasteiger partial charge in [0, 0.05) is 17.5 Å². The average molecular weight is 276 g/mol. The number of benzene rings is 1.